The van der Waals surface area contributed by atoms with Crippen molar-refractivity contribution in [3.05, 3.63) is 47.3 Å². The topological polar surface area (TPSA) is 108 Å². The number of nitrogens with two attached hydrogens (primary N) is 1. The van der Waals surface area contributed by atoms with Crippen LogP contribution >= 0.6 is 0 Å². The zero-order chi connectivity index (χ0) is 19.6. The molecule has 0 saturated carbocycles. The van der Waals surface area contributed by atoms with Crippen molar-refractivity contribution in [2.45, 2.75) is 32.6 Å². The third kappa shape index (κ3) is 4.20. The summed E-state index contributed by atoms with van der Waals surface area (Å²) in [5.74, 6) is -1.02. The van der Waals surface area contributed by atoms with Crippen LogP contribution in [0.5, 0.6) is 0 Å². The Balaban J connectivity index is 2.30. The minimum atomic E-state index is -3.76. The number of aryl methyl sites for hydroxylation is 1. The molecule has 0 aliphatic heterocycles. The zero-order valence-electron chi connectivity index (χ0n) is 15.1. The van der Waals surface area contributed by atoms with E-state index in [0.29, 0.717) is 16.9 Å². The number of hydrogen-bond donors (Lipinski definition) is 1. The summed E-state index contributed by atoms with van der Waals surface area (Å²) in [7, 11) is -3.76. The lowest BCUT2D eigenvalue weighted by molar-refractivity contribution is -0.146. The van der Waals surface area contributed by atoms with Gasteiger partial charge in [0.25, 0.3) is 0 Å². The van der Waals surface area contributed by atoms with E-state index in [2.05, 4.69) is 0 Å². The van der Waals surface area contributed by atoms with Gasteiger partial charge in [-0.3, -0.25) is 9.59 Å². The smallest absolute Gasteiger partial charge is 0.308 e. The van der Waals surface area contributed by atoms with E-state index in [0.717, 1.165) is 5.69 Å². The Bertz CT molecular complexity index is 941. The van der Waals surface area contributed by atoms with Crippen molar-refractivity contribution in [1.29, 1.82) is 0 Å². The van der Waals surface area contributed by atoms with Crippen LogP contribution in [-0.4, -0.2) is 31.3 Å². The van der Waals surface area contributed by atoms with Gasteiger partial charge < -0.3 is 9.30 Å². The van der Waals surface area contributed by atoms with Gasteiger partial charge in [-0.05, 0) is 44.2 Å². The maximum atomic E-state index is 12.4. The summed E-state index contributed by atoms with van der Waals surface area (Å²) in [5.41, 5.74) is 2.63. The lowest BCUT2D eigenvalue weighted by Crippen LogP contribution is -2.18. The molecule has 26 heavy (non-hydrogen) atoms. The fourth-order valence-corrected chi connectivity index (χ4v) is 3.12. The van der Waals surface area contributed by atoms with E-state index in [1.165, 1.54) is 12.1 Å². The molecule has 140 valence electrons. The van der Waals surface area contributed by atoms with Gasteiger partial charge in [0.2, 0.25) is 15.8 Å². The van der Waals surface area contributed by atoms with Crippen molar-refractivity contribution in [1.82, 2.24) is 4.57 Å². The number of aromatic nitrogens is 1. The highest BCUT2D eigenvalue weighted by atomic mass is 32.2. The lowest BCUT2D eigenvalue weighted by atomic mass is 10.1. The van der Waals surface area contributed by atoms with E-state index in [9.17, 15) is 18.0 Å². The first-order valence-corrected chi connectivity index (χ1v) is 9.59. The molecule has 0 bridgehead atoms. The number of nitrogens with zero attached hydrogens (tertiary/aromatic N) is 1. The fourth-order valence-electron chi connectivity index (χ4n) is 2.61. The van der Waals surface area contributed by atoms with Crippen molar-refractivity contribution >= 4 is 21.8 Å². The van der Waals surface area contributed by atoms with Crippen molar-refractivity contribution in [3.8, 4) is 5.69 Å². The van der Waals surface area contributed by atoms with E-state index >= 15 is 0 Å². The predicted octanol–water partition coefficient (Wildman–Crippen LogP) is 2.12. The summed E-state index contributed by atoms with van der Waals surface area (Å²) in [4.78, 5) is 23.9. The molecule has 1 heterocycles. The van der Waals surface area contributed by atoms with Crippen LogP contribution in [0.2, 0.25) is 0 Å². The van der Waals surface area contributed by atoms with Crippen molar-refractivity contribution in [2.24, 2.45) is 11.1 Å². The molecule has 0 saturated heterocycles. The molecule has 0 amide bonds. The first-order chi connectivity index (χ1) is 12.0. The molecule has 1 aromatic heterocycles. The number of carbonyl (C=O) groups is 2. The Hall–Kier alpha value is -2.45. The summed E-state index contributed by atoms with van der Waals surface area (Å²) in [6.07, 6.45) is 0. The van der Waals surface area contributed by atoms with E-state index in [-0.39, 0.29) is 23.2 Å². The first kappa shape index (κ1) is 19.9. The molecular weight excluding hydrogens is 356 g/mol. The van der Waals surface area contributed by atoms with Gasteiger partial charge in [0.15, 0.2) is 6.61 Å². The standard InChI is InChI=1S/C18H22N2O5S/c1-11(2)18(22)25-10-17(21)16-9-12(3)20(13(16)4)14-5-7-15(8-6-14)26(19,23)24/h5-9,11H,10H2,1-4H3,(H2,19,23,24). The van der Waals surface area contributed by atoms with Crippen LogP contribution in [0.15, 0.2) is 35.2 Å². The molecule has 2 aromatic rings. The molecule has 0 aliphatic rings. The van der Waals surface area contributed by atoms with Crippen molar-refractivity contribution < 1.29 is 22.7 Å². The lowest BCUT2D eigenvalue weighted by Gasteiger charge is -2.11. The Morgan fingerprint density at radius 2 is 1.73 bits per heavy atom. The Morgan fingerprint density at radius 3 is 2.23 bits per heavy atom. The van der Waals surface area contributed by atoms with Gasteiger partial charge in [-0.15, -0.1) is 0 Å². The van der Waals surface area contributed by atoms with Crippen molar-refractivity contribution in [3.63, 3.8) is 0 Å². The number of rotatable bonds is 6. The Morgan fingerprint density at radius 1 is 1.15 bits per heavy atom. The average molecular weight is 378 g/mol. The van der Waals surface area contributed by atoms with E-state index in [4.69, 9.17) is 9.88 Å². The van der Waals surface area contributed by atoms with Gasteiger partial charge in [0, 0.05) is 22.6 Å². The number of Topliss-reactive ketones (excluding diaryl/α,β-unsaturated/α-hetero) is 1. The summed E-state index contributed by atoms with van der Waals surface area (Å²) in [5, 5.41) is 5.11. The molecule has 0 aliphatic carbocycles. The quantitative estimate of drug-likeness (QED) is 0.612. The fraction of sp³-hybridized carbons (Fsp3) is 0.333. The highest BCUT2D eigenvalue weighted by Crippen LogP contribution is 2.22. The zero-order valence-corrected chi connectivity index (χ0v) is 16.0. The summed E-state index contributed by atoms with van der Waals surface area (Å²) in [6, 6.07) is 7.78. The van der Waals surface area contributed by atoms with Crippen molar-refractivity contribution in [2.75, 3.05) is 6.61 Å². The minimum Gasteiger partial charge on any atom is -0.457 e. The number of esters is 1. The first-order valence-electron chi connectivity index (χ1n) is 8.04. The summed E-state index contributed by atoms with van der Waals surface area (Å²) < 4.78 is 29.6. The summed E-state index contributed by atoms with van der Waals surface area (Å²) >= 11 is 0. The maximum Gasteiger partial charge on any atom is 0.308 e. The number of sulfonamides is 1. The SMILES string of the molecule is Cc1cc(C(=O)COC(=O)C(C)C)c(C)n1-c1ccc(S(N)(=O)=O)cc1. The van der Waals surface area contributed by atoms with Gasteiger partial charge in [0.1, 0.15) is 0 Å². The summed E-state index contributed by atoms with van der Waals surface area (Å²) in [6.45, 7) is 6.69. The normalized spacial score (nSPS) is 11.6. The number of ether oxygens (including phenoxy) is 1. The Labute approximate surface area is 152 Å². The largest absolute Gasteiger partial charge is 0.457 e. The van der Waals surface area contributed by atoms with Crippen LogP contribution in [0, 0.1) is 19.8 Å². The molecule has 0 unspecified atom stereocenters. The molecule has 8 heteroatoms. The van der Waals surface area contributed by atoms with E-state index < -0.39 is 16.0 Å². The molecule has 2 N–H and O–H groups in total. The van der Waals surface area contributed by atoms with Crippen LogP contribution < -0.4 is 5.14 Å². The van der Waals surface area contributed by atoms with Crippen LogP contribution in [0.4, 0.5) is 0 Å². The van der Waals surface area contributed by atoms with Gasteiger partial charge >= 0.3 is 5.97 Å². The monoisotopic (exact) mass is 378 g/mol. The van der Waals surface area contributed by atoms with Crippen LogP contribution in [0.1, 0.15) is 35.6 Å². The van der Waals surface area contributed by atoms with E-state index in [1.54, 1.807) is 39.0 Å². The third-order valence-corrected chi connectivity index (χ3v) is 4.90. The number of ketones is 1. The van der Waals surface area contributed by atoms with Crippen LogP contribution in [0.3, 0.4) is 0 Å². The molecule has 0 fully saturated rings. The minimum absolute atomic E-state index is 0.0145. The van der Waals surface area contributed by atoms with Crippen LogP contribution in [0.25, 0.3) is 5.69 Å². The molecule has 0 radical (unpaired) electrons. The van der Waals surface area contributed by atoms with Gasteiger partial charge in [-0.25, -0.2) is 13.6 Å². The van der Waals surface area contributed by atoms with E-state index in [1.807, 2.05) is 11.5 Å². The van der Waals surface area contributed by atoms with Crippen LogP contribution in [-0.2, 0) is 19.6 Å². The second-order valence-corrected chi connectivity index (χ2v) is 7.91. The highest BCUT2D eigenvalue weighted by molar-refractivity contribution is 7.89. The molecular formula is C18H22N2O5S. The molecule has 2 rings (SSSR count). The molecule has 0 spiro atoms. The van der Waals surface area contributed by atoms with Gasteiger partial charge in [0.05, 0.1) is 10.8 Å². The Kier molecular flexibility index (Phi) is 5.68. The third-order valence-electron chi connectivity index (χ3n) is 3.97. The second-order valence-electron chi connectivity index (χ2n) is 6.34. The number of carbonyl (C=O) groups excluding carboxylic acids is 2. The molecule has 1 aromatic carbocycles. The number of benzene rings is 1. The van der Waals surface area contributed by atoms with Gasteiger partial charge in [-0.1, -0.05) is 13.8 Å². The average Bonchev–Trinajstić information content (AvgIpc) is 2.86. The maximum absolute atomic E-state index is 12.4. The highest BCUT2D eigenvalue weighted by Gasteiger charge is 2.19. The predicted molar refractivity (Wildman–Crippen MR) is 96.7 cm³/mol. The number of hydrogen-bond acceptors (Lipinski definition) is 5. The van der Waals surface area contributed by atoms with Gasteiger partial charge in [-0.2, -0.15) is 0 Å². The number of primary sulfonamides is 1. The second kappa shape index (κ2) is 7.43. The molecule has 7 nitrogen and oxygen atoms in total. The molecule has 0 atom stereocenters.